The van der Waals surface area contributed by atoms with E-state index in [-0.39, 0.29) is 0 Å². The van der Waals surface area contributed by atoms with Crippen LogP contribution in [0.2, 0.25) is 0 Å². The van der Waals surface area contributed by atoms with Crippen LogP contribution in [-0.4, -0.2) is 57.7 Å². The lowest BCUT2D eigenvalue weighted by Crippen LogP contribution is -2.44. The van der Waals surface area contributed by atoms with Crippen molar-refractivity contribution >= 4 is 34.4 Å². The number of piperidine rings is 1. The first kappa shape index (κ1) is 29.8. The van der Waals surface area contributed by atoms with Crippen LogP contribution in [0.15, 0.2) is 60.9 Å². The third-order valence-corrected chi connectivity index (χ3v) is 7.98. The lowest BCUT2D eigenvalue weighted by atomic mass is 9.95. The SMILES string of the molecule is Cc1c(Nc2nccc3cc(CN4CCCCC4C(=O)O)cnc23)cccc1-c1cccc(OCCCNC(N)=O)c1C. The number of aromatic nitrogens is 2. The number of nitrogens with zero attached hydrogens (tertiary/aromatic N) is 3. The fourth-order valence-electron chi connectivity index (χ4n) is 5.70. The Hall–Kier alpha value is -4.70. The zero-order valence-corrected chi connectivity index (χ0v) is 24.6. The molecule has 1 aliphatic heterocycles. The minimum atomic E-state index is -0.759. The van der Waals surface area contributed by atoms with E-state index in [2.05, 4.69) is 40.7 Å². The first-order valence-electron chi connectivity index (χ1n) is 14.6. The summed E-state index contributed by atoms with van der Waals surface area (Å²) in [5.74, 6) is 0.694. The summed E-state index contributed by atoms with van der Waals surface area (Å²) >= 11 is 0. The van der Waals surface area contributed by atoms with Crippen LogP contribution in [0.25, 0.3) is 22.0 Å². The molecule has 5 N–H and O–H groups in total. The highest BCUT2D eigenvalue weighted by Crippen LogP contribution is 2.36. The van der Waals surface area contributed by atoms with Gasteiger partial charge in [0.25, 0.3) is 0 Å². The summed E-state index contributed by atoms with van der Waals surface area (Å²) in [6, 6.07) is 15.2. The number of rotatable bonds is 11. The van der Waals surface area contributed by atoms with Crippen molar-refractivity contribution in [3.63, 3.8) is 0 Å². The monoisotopic (exact) mass is 582 g/mol. The molecule has 2 aromatic heterocycles. The second kappa shape index (κ2) is 13.5. The third-order valence-electron chi connectivity index (χ3n) is 7.98. The Bertz CT molecular complexity index is 1620. The van der Waals surface area contributed by atoms with Gasteiger partial charge in [-0.3, -0.25) is 14.7 Å². The van der Waals surface area contributed by atoms with E-state index in [0.717, 1.165) is 69.5 Å². The number of pyridine rings is 2. The molecule has 1 saturated heterocycles. The van der Waals surface area contributed by atoms with Crippen LogP contribution < -0.4 is 21.1 Å². The second-order valence-electron chi connectivity index (χ2n) is 10.9. The van der Waals surface area contributed by atoms with E-state index in [1.165, 1.54) is 0 Å². The van der Waals surface area contributed by atoms with Crippen LogP contribution in [0.3, 0.4) is 0 Å². The minimum absolute atomic E-state index is 0.448. The largest absolute Gasteiger partial charge is 0.493 e. The van der Waals surface area contributed by atoms with Crippen LogP contribution in [0.4, 0.5) is 16.3 Å². The van der Waals surface area contributed by atoms with E-state index in [4.69, 9.17) is 15.5 Å². The van der Waals surface area contributed by atoms with E-state index in [1.54, 1.807) is 6.20 Å². The molecule has 2 amide bonds. The summed E-state index contributed by atoms with van der Waals surface area (Å²) in [5, 5.41) is 16.7. The Labute approximate surface area is 251 Å². The van der Waals surface area contributed by atoms with Gasteiger partial charge < -0.3 is 26.2 Å². The van der Waals surface area contributed by atoms with Gasteiger partial charge in [-0.1, -0.05) is 30.7 Å². The van der Waals surface area contributed by atoms with Crippen LogP contribution in [0.5, 0.6) is 5.75 Å². The molecule has 0 bridgehead atoms. The number of carboxylic acids is 1. The van der Waals surface area contributed by atoms with Crippen molar-refractivity contribution in [1.29, 1.82) is 0 Å². The maximum Gasteiger partial charge on any atom is 0.320 e. The van der Waals surface area contributed by atoms with E-state index >= 15 is 0 Å². The Balaban J connectivity index is 1.34. The Kier molecular flexibility index (Phi) is 9.36. The van der Waals surface area contributed by atoms with E-state index < -0.39 is 18.0 Å². The zero-order chi connectivity index (χ0) is 30.3. The van der Waals surface area contributed by atoms with Gasteiger partial charge in [-0.05, 0) is 91.7 Å². The summed E-state index contributed by atoms with van der Waals surface area (Å²) in [7, 11) is 0. The zero-order valence-electron chi connectivity index (χ0n) is 24.6. The molecular weight excluding hydrogens is 544 g/mol. The molecular formula is C33H38N6O4. The van der Waals surface area contributed by atoms with E-state index in [0.29, 0.717) is 38.4 Å². The lowest BCUT2D eigenvalue weighted by Gasteiger charge is -2.32. The van der Waals surface area contributed by atoms with Crippen molar-refractivity contribution in [2.24, 2.45) is 5.73 Å². The van der Waals surface area contributed by atoms with Gasteiger partial charge >= 0.3 is 12.0 Å². The number of carboxylic acid groups (broad SMARTS) is 1. The van der Waals surface area contributed by atoms with E-state index in [1.807, 2.05) is 48.4 Å². The molecule has 1 unspecified atom stereocenters. The topological polar surface area (TPSA) is 143 Å². The maximum atomic E-state index is 11.8. The number of benzene rings is 2. The van der Waals surface area contributed by atoms with Crippen molar-refractivity contribution in [2.45, 2.75) is 52.1 Å². The fraction of sp³-hybridized carbons (Fsp3) is 0.333. The number of likely N-dealkylation sites (tertiary alicyclic amines) is 1. The van der Waals surface area contributed by atoms with Crippen molar-refractivity contribution in [3.8, 4) is 16.9 Å². The highest BCUT2D eigenvalue weighted by molar-refractivity contribution is 5.91. The first-order chi connectivity index (χ1) is 20.8. The van der Waals surface area contributed by atoms with Gasteiger partial charge in [0.1, 0.15) is 17.3 Å². The number of amides is 2. The van der Waals surface area contributed by atoms with Gasteiger partial charge in [-0.15, -0.1) is 0 Å². The molecule has 1 fully saturated rings. The molecule has 0 aliphatic carbocycles. The number of hydrogen-bond donors (Lipinski definition) is 4. The summed E-state index contributed by atoms with van der Waals surface area (Å²) in [6.07, 6.45) is 6.87. The minimum Gasteiger partial charge on any atom is -0.493 e. The van der Waals surface area contributed by atoms with Gasteiger partial charge in [-0.25, -0.2) is 9.78 Å². The molecule has 1 aliphatic rings. The predicted molar refractivity (Wildman–Crippen MR) is 168 cm³/mol. The molecule has 1 atom stereocenters. The summed E-state index contributed by atoms with van der Waals surface area (Å²) in [4.78, 5) is 34.0. The van der Waals surface area contributed by atoms with Crippen LogP contribution in [0, 0.1) is 13.8 Å². The molecule has 3 heterocycles. The Morgan fingerprint density at radius 2 is 1.86 bits per heavy atom. The number of carbonyl (C=O) groups excluding carboxylic acids is 1. The van der Waals surface area contributed by atoms with Crippen LogP contribution >= 0.6 is 0 Å². The number of anilines is 2. The van der Waals surface area contributed by atoms with Gasteiger partial charge in [0.2, 0.25) is 0 Å². The predicted octanol–water partition coefficient (Wildman–Crippen LogP) is 5.53. The van der Waals surface area contributed by atoms with Gasteiger partial charge in [0.05, 0.1) is 6.61 Å². The third kappa shape index (κ3) is 7.03. The number of aliphatic carboxylic acids is 1. The molecule has 43 heavy (non-hydrogen) atoms. The molecule has 4 aromatic rings. The number of hydrogen-bond acceptors (Lipinski definition) is 7. The van der Waals surface area contributed by atoms with Gasteiger partial charge in [-0.2, -0.15) is 0 Å². The number of primary amides is 1. The molecule has 10 heteroatoms. The normalized spacial score (nSPS) is 15.3. The van der Waals surface area contributed by atoms with Crippen molar-refractivity contribution in [1.82, 2.24) is 20.2 Å². The van der Waals surface area contributed by atoms with Crippen molar-refractivity contribution in [3.05, 3.63) is 77.6 Å². The highest BCUT2D eigenvalue weighted by Gasteiger charge is 2.28. The summed E-state index contributed by atoms with van der Waals surface area (Å²) < 4.78 is 6.01. The quantitative estimate of drug-likeness (QED) is 0.169. The van der Waals surface area contributed by atoms with Crippen molar-refractivity contribution < 1.29 is 19.4 Å². The van der Waals surface area contributed by atoms with Crippen LogP contribution in [-0.2, 0) is 11.3 Å². The number of fused-ring (bicyclic) bond motifs is 1. The average molecular weight is 583 g/mol. The highest BCUT2D eigenvalue weighted by atomic mass is 16.5. The number of carbonyl (C=O) groups is 2. The van der Waals surface area contributed by atoms with Crippen molar-refractivity contribution in [2.75, 3.05) is 25.0 Å². The standard InChI is InChI=1S/C33H38N6O4/c1-21-25(26-9-6-12-29(22(26)2)43-17-7-14-36-33(34)42)8-5-10-27(21)38-31-30-24(13-15-35-31)18-23(19-37-30)20-39-16-4-3-11-28(39)32(40)41/h5-6,8-10,12-13,15,18-19,28H,3-4,7,11,14,16-17,20H2,1-2H3,(H,35,38)(H,40,41)(H3,34,36,42). The van der Waals surface area contributed by atoms with Gasteiger partial charge in [0.15, 0.2) is 5.82 Å². The number of urea groups is 1. The van der Waals surface area contributed by atoms with Gasteiger partial charge in [0, 0.05) is 36.6 Å². The molecule has 10 nitrogen and oxygen atoms in total. The van der Waals surface area contributed by atoms with E-state index in [9.17, 15) is 14.7 Å². The number of nitrogens with two attached hydrogens (primary N) is 1. The molecule has 0 radical (unpaired) electrons. The summed E-state index contributed by atoms with van der Waals surface area (Å²) in [6.45, 7) is 6.37. The van der Waals surface area contributed by atoms with Crippen LogP contribution in [0.1, 0.15) is 42.4 Å². The Morgan fingerprint density at radius 1 is 1.07 bits per heavy atom. The molecule has 5 rings (SSSR count). The Morgan fingerprint density at radius 3 is 2.65 bits per heavy atom. The first-order valence-corrected chi connectivity index (χ1v) is 14.6. The fourth-order valence-corrected chi connectivity index (χ4v) is 5.70. The second-order valence-corrected chi connectivity index (χ2v) is 10.9. The molecule has 0 spiro atoms. The lowest BCUT2D eigenvalue weighted by molar-refractivity contribution is -0.144. The smallest absolute Gasteiger partial charge is 0.320 e. The average Bonchev–Trinajstić information content (AvgIpc) is 2.99. The number of ether oxygens (including phenoxy) is 1. The molecule has 2 aromatic carbocycles. The maximum absolute atomic E-state index is 11.8. The summed E-state index contributed by atoms with van der Waals surface area (Å²) in [5.41, 5.74) is 12.0. The molecule has 224 valence electrons. The molecule has 0 saturated carbocycles. The number of nitrogens with one attached hydrogen (secondary N) is 2.